The number of piperidine rings is 1. The number of rotatable bonds is 3. The summed E-state index contributed by atoms with van der Waals surface area (Å²) in [4.78, 5) is 14.6. The van der Waals surface area contributed by atoms with Crippen LogP contribution in [0.2, 0.25) is 0 Å². The highest BCUT2D eigenvalue weighted by molar-refractivity contribution is 7.88. The lowest BCUT2D eigenvalue weighted by Crippen LogP contribution is -2.54. The zero-order chi connectivity index (χ0) is 15.0. The van der Waals surface area contributed by atoms with E-state index in [-0.39, 0.29) is 18.0 Å². The predicted molar refractivity (Wildman–Crippen MR) is 80.2 cm³/mol. The van der Waals surface area contributed by atoms with Crippen molar-refractivity contribution in [2.24, 2.45) is 11.8 Å². The Bertz CT molecular complexity index is 508. The van der Waals surface area contributed by atoms with E-state index in [1.807, 2.05) is 4.90 Å². The number of amides is 1. The van der Waals surface area contributed by atoms with Crippen molar-refractivity contribution >= 4 is 15.9 Å². The van der Waals surface area contributed by atoms with Crippen molar-refractivity contribution in [3.63, 3.8) is 0 Å². The summed E-state index contributed by atoms with van der Waals surface area (Å²) < 4.78 is 25.3. The highest BCUT2D eigenvalue weighted by Gasteiger charge is 2.44. The van der Waals surface area contributed by atoms with Gasteiger partial charge in [0.15, 0.2) is 0 Å². The molecule has 0 radical (unpaired) electrons. The second-order valence-corrected chi connectivity index (χ2v) is 8.53. The van der Waals surface area contributed by atoms with E-state index in [0.717, 1.165) is 32.4 Å². The molecule has 0 aromatic heterocycles. The minimum absolute atomic E-state index is 0.0468. The van der Waals surface area contributed by atoms with E-state index in [4.69, 9.17) is 0 Å². The lowest BCUT2D eigenvalue weighted by molar-refractivity contribution is -0.135. The molecule has 1 aliphatic carbocycles. The lowest BCUT2D eigenvalue weighted by atomic mass is 9.92. The van der Waals surface area contributed by atoms with Gasteiger partial charge < -0.3 is 10.2 Å². The molecule has 6 nitrogen and oxygen atoms in total. The second kappa shape index (κ2) is 5.85. The minimum Gasteiger partial charge on any atom is -0.340 e. The topological polar surface area (TPSA) is 78.5 Å². The van der Waals surface area contributed by atoms with Gasteiger partial charge in [-0.25, -0.2) is 13.1 Å². The second-order valence-electron chi connectivity index (χ2n) is 6.75. The molecule has 0 bridgehead atoms. The molecule has 0 aromatic carbocycles. The van der Waals surface area contributed by atoms with E-state index in [2.05, 4.69) is 10.0 Å². The van der Waals surface area contributed by atoms with Gasteiger partial charge in [-0.05, 0) is 44.1 Å². The van der Waals surface area contributed by atoms with Gasteiger partial charge >= 0.3 is 0 Å². The summed E-state index contributed by atoms with van der Waals surface area (Å²) in [5.41, 5.74) is 0. The molecule has 0 aromatic rings. The molecule has 1 amide bonds. The van der Waals surface area contributed by atoms with Crippen LogP contribution in [0.5, 0.6) is 0 Å². The first-order valence-corrected chi connectivity index (χ1v) is 9.82. The molecule has 2 heterocycles. The number of carbonyl (C=O) groups is 1. The van der Waals surface area contributed by atoms with Crippen LogP contribution in [-0.2, 0) is 14.8 Å². The minimum atomic E-state index is -3.21. The molecule has 3 aliphatic rings. The SMILES string of the molecule is CS(=O)(=O)NC1CCCN(C(=O)C2NCC3CCCC32)C1. The number of hydrogen-bond acceptors (Lipinski definition) is 4. The number of nitrogens with one attached hydrogen (secondary N) is 2. The van der Waals surface area contributed by atoms with E-state index >= 15 is 0 Å². The molecule has 3 fully saturated rings. The van der Waals surface area contributed by atoms with E-state index in [1.54, 1.807) is 0 Å². The summed E-state index contributed by atoms with van der Waals surface area (Å²) in [6, 6.07) is -0.187. The Balaban J connectivity index is 1.62. The molecule has 3 rings (SSSR count). The number of nitrogens with zero attached hydrogens (tertiary/aromatic N) is 1. The quantitative estimate of drug-likeness (QED) is 0.763. The first-order valence-electron chi connectivity index (χ1n) is 7.93. The van der Waals surface area contributed by atoms with Crippen molar-refractivity contribution in [1.82, 2.24) is 14.9 Å². The summed E-state index contributed by atoms with van der Waals surface area (Å²) in [6.45, 7) is 2.21. The number of fused-ring (bicyclic) bond motifs is 1. The van der Waals surface area contributed by atoms with Gasteiger partial charge in [0.05, 0.1) is 12.3 Å². The predicted octanol–water partition coefficient (Wildman–Crippen LogP) is -0.0853. The molecule has 2 saturated heterocycles. The van der Waals surface area contributed by atoms with E-state index in [1.165, 1.54) is 19.1 Å². The van der Waals surface area contributed by atoms with E-state index in [9.17, 15) is 13.2 Å². The summed E-state index contributed by atoms with van der Waals surface area (Å²) >= 11 is 0. The average Bonchev–Trinajstić information content (AvgIpc) is 2.98. The zero-order valence-corrected chi connectivity index (χ0v) is 13.4. The van der Waals surface area contributed by atoms with Crippen molar-refractivity contribution in [1.29, 1.82) is 0 Å². The molecule has 0 spiro atoms. The molecule has 21 heavy (non-hydrogen) atoms. The maximum Gasteiger partial charge on any atom is 0.240 e. The lowest BCUT2D eigenvalue weighted by Gasteiger charge is -2.35. The summed E-state index contributed by atoms with van der Waals surface area (Å²) in [5, 5.41) is 3.39. The summed E-state index contributed by atoms with van der Waals surface area (Å²) in [6.07, 6.45) is 6.46. The largest absolute Gasteiger partial charge is 0.340 e. The molecule has 120 valence electrons. The maximum atomic E-state index is 12.7. The number of sulfonamides is 1. The smallest absolute Gasteiger partial charge is 0.240 e. The Morgan fingerprint density at radius 1 is 1.24 bits per heavy atom. The van der Waals surface area contributed by atoms with Crippen LogP contribution in [-0.4, -0.2) is 57.2 Å². The Hall–Kier alpha value is -0.660. The van der Waals surface area contributed by atoms with Gasteiger partial charge in [0.1, 0.15) is 0 Å². The molecular formula is C14H25N3O3S. The van der Waals surface area contributed by atoms with Crippen LogP contribution in [0.1, 0.15) is 32.1 Å². The van der Waals surface area contributed by atoms with E-state index in [0.29, 0.717) is 18.4 Å². The van der Waals surface area contributed by atoms with Crippen molar-refractivity contribution in [3.8, 4) is 0 Å². The molecule has 2 aliphatic heterocycles. The van der Waals surface area contributed by atoms with Gasteiger partial charge in [0, 0.05) is 19.1 Å². The highest BCUT2D eigenvalue weighted by Crippen LogP contribution is 2.38. The molecule has 7 heteroatoms. The fourth-order valence-electron chi connectivity index (χ4n) is 4.23. The summed E-state index contributed by atoms with van der Waals surface area (Å²) in [5.74, 6) is 1.32. The molecular weight excluding hydrogens is 290 g/mol. The third-order valence-corrected chi connectivity index (χ3v) is 5.89. The Labute approximate surface area is 126 Å². The van der Waals surface area contributed by atoms with Crippen LogP contribution in [0.4, 0.5) is 0 Å². The fourth-order valence-corrected chi connectivity index (χ4v) is 5.03. The van der Waals surface area contributed by atoms with Gasteiger partial charge in [0.25, 0.3) is 0 Å². The third kappa shape index (κ3) is 3.40. The first-order chi connectivity index (χ1) is 9.94. The number of carbonyl (C=O) groups excluding carboxylic acids is 1. The molecule has 4 unspecified atom stereocenters. The van der Waals surface area contributed by atoms with Crippen molar-refractivity contribution in [2.45, 2.75) is 44.2 Å². The third-order valence-electron chi connectivity index (χ3n) is 5.13. The molecule has 1 saturated carbocycles. The number of hydrogen-bond donors (Lipinski definition) is 2. The highest BCUT2D eigenvalue weighted by atomic mass is 32.2. The summed E-state index contributed by atoms with van der Waals surface area (Å²) in [7, 11) is -3.21. The van der Waals surface area contributed by atoms with Gasteiger partial charge in [-0.3, -0.25) is 4.79 Å². The monoisotopic (exact) mass is 315 g/mol. The fraction of sp³-hybridized carbons (Fsp3) is 0.929. The molecule has 2 N–H and O–H groups in total. The standard InChI is InChI=1S/C14H25N3O3S/c1-21(19,20)16-11-5-3-7-17(9-11)14(18)13-12-6-2-4-10(12)8-15-13/h10-13,15-16H,2-9H2,1H3. The van der Waals surface area contributed by atoms with Gasteiger partial charge in [-0.15, -0.1) is 0 Å². The normalized spacial score (nSPS) is 36.7. The maximum absolute atomic E-state index is 12.7. The van der Waals surface area contributed by atoms with Crippen LogP contribution in [0.3, 0.4) is 0 Å². The van der Waals surface area contributed by atoms with Crippen LogP contribution in [0, 0.1) is 11.8 Å². The van der Waals surface area contributed by atoms with Crippen molar-refractivity contribution < 1.29 is 13.2 Å². The van der Waals surface area contributed by atoms with Crippen molar-refractivity contribution in [2.75, 3.05) is 25.9 Å². The first kappa shape index (κ1) is 15.2. The van der Waals surface area contributed by atoms with E-state index < -0.39 is 10.0 Å². The zero-order valence-electron chi connectivity index (χ0n) is 12.5. The molecule has 4 atom stereocenters. The number of likely N-dealkylation sites (tertiary alicyclic amines) is 1. The van der Waals surface area contributed by atoms with Gasteiger partial charge in [-0.1, -0.05) is 6.42 Å². The van der Waals surface area contributed by atoms with Crippen molar-refractivity contribution in [3.05, 3.63) is 0 Å². The van der Waals surface area contributed by atoms with Gasteiger partial charge in [0.2, 0.25) is 15.9 Å². The van der Waals surface area contributed by atoms with Gasteiger partial charge in [-0.2, -0.15) is 0 Å². The van der Waals surface area contributed by atoms with Crippen LogP contribution < -0.4 is 10.0 Å². The Morgan fingerprint density at radius 3 is 2.81 bits per heavy atom. The average molecular weight is 315 g/mol. The Kier molecular flexibility index (Phi) is 4.25. The van der Waals surface area contributed by atoms with Crippen LogP contribution in [0.25, 0.3) is 0 Å². The van der Waals surface area contributed by atoms with Crippen LogP contribution >= 0.6 is 0 Å². The van der Waals surface area contributed by atoms with Crippen LogP contribution in [0.15, 0.2) is 0 Å². The Morgan fingerprint density at radius 2 is 2.05 bits per heavy atom.